The van der Waals surface area contributed by atoms with Crippen molar-refractivity contribution in [2.45, 2.75) is 26.9 Å². The highest BCUT2D eigenvalue weighted by Crippen LogP contribution is 2.21. The van der Waals surface area contributed by atoms with Gasteiger partial charge in [-0.25, -0.2) is 4.79 Å². The van der Waals surface area contributed by atoms with Crippen molar-refractivity contribution in [3.8, 4) is 5.75 Å². The van der Waals surface area contributed by atoms with Crippen LogP contribution in [0.25, 0.3) is 6.08 Å². The fraction of sp³-hybridized carbons (Fsp3) is 0.550. The van der Waals surface area contributed by atoms with Gasteiger partial charge in [0, 0.05) is 31.3 Å². The van der Waals surface area contributed by atoms with Gasteiger partial charge in [-0.05, 0) is 31.1 Å². The number of esters is 1. The van der Waals surface area contributed by atoms with Crippen molar-refractivity contribution in [3.05, 3.63) is 35.4 Å². The lowest BCUT2D eigenvalue weighted by Gasteiger charge is -2.33. The molecular weight excluding hydrogens is 318 g/mol. The molecule has 25 heavy (non-hydrogen) atoms. The van der Waals surface area contributed by atoms with Crippen molar-refractivity contribution in [2.24, 2.45) is 5.92 Å². The van der Waals surface area contributed by atoms with Crippen LogP contribution in [0.1, 0.15) is 25.0 Å². The first-order valence-electron chi connectivity index (χ1n) is 8.81. The van der Waals surface area contributed by atoms with E-state index < -0.39 is 0 Å². The van der Waals surface area contributed by atoms with Crippen LogP contribution in [0.4, 0.5) is 0 Å². The van der Waals surface area contributed by atoms with Gasteiger partial charge in [0.15, 0.2) is 0 Å². The third-order valence-electron chi connectivity index (χ3n) is 4.04. The third kappa shape index (κ3) is 6.52. The van der Waals surface area contributed by atoms with Gasteiger partial charge in [-0.2, -0.15) is 0 Å². The number of morpholine rings is 1. The van der Waals surface area contributed by atoms with Crippen LogP contribution >= 0.6 is 0 Å². The average Bonchev–Trinajstić information content (AvgIpc) is 2.58. The summed E-state index contributed by atoms with van der Waals surface area (Å²) in [5, 5.41) is 0. The first-order chi connectivity index (χ1) is 12.0. The molecule has 0 radical (unpaired) electrons. The van der Waals surface area contributed by atoms with Gasteiger partial charge in [0.25, 0.3) is 0 Å². The molecule has 0 aliphatic carbocycles. The van der Waals surface area contributed by atoms with E-state index >= 15 is 0 Å². The second-order valence-corrected chi connectivity index (χ2v) is 6.85. The largest absolute Gasteiger partial charge is 0.496 e. The lowest BCUT2D eigenvalue weighted by molar-refractivity contribution is -0.144. The smallest absolute Gasteiger partial charge is 0.330 e. The zero-order valence-corrected chi connectivity index (χ0v) is 15.7. The number of methoxy groups -OCH3 is 1. The minimum absolute atomic E-state index is 0.0571. The van der Waals surface area contributed by atoms with Crippen molar-refractivity contribution < 1.29 is 19.0 Å². The molecule has 1 aliphatic heterocycles. The van der Waals surface area contributed by atoms with Crippen LogP contribution in [0.5, 0.6) is 5.75 Å². The summed E-state index contributed by atoms with van der Waals surface area (Å²) in [6.07, 6.45) is 3.10. The van der Waals surface area contributed by atoms with E-state index in [2.05, 4.69) is 18.7 Å². The second kappa shape index (κ2) is 9.59. The Kier molecular flexibility index (Phi) is 7.47. The molecule has 0 aromatic heterocycles. The summed E-state index contributed by atoms with van der Waals surface area (Å²) < 4.78 is 16.3. The molecule has 1 aromatic rings. The van der Waals surface area contributed by atoms with E-state index in [1.54, 1.807) is 13.2 Å². The van der Waals surface area contributed by atoms with Crippen LogP contribution in [0, 0.1) is 12.8 Å². The van der Waals surface area contributed by atoms with Gasteiger partial charge in [-0.15, -0.1) is 0 Å². The molecular formula is C20H29NO4. The van der Waals surface area contributed by atoms with Crippen LogP contribution in [-0.4, -0.2) is 56.9 Å². The van der Waals surface area contributed by atoms with Crippen LogP contribution in [0.15, 0.2) is 24.3 Å². The summed E-state index contributed by atoms with van der Waals surface area (Å²) in [5.74, 6) is 0.983. The molecule has 0 saturated carbocycles. The molecule has 0 spiro atoms. The monoisotopic (exact) mass is 347 g/mol. The van der Waals surface area contributed by atoms with E-state index in [0.717, 1.165) is 36.5 Å². The Bertz CT molecular complexity index is 597. The number of carbonyl (C=O) groups excluding carboxylic acids is 1. The lowest BCUT2D eigenvalue weighted by Crippen LogP contribution is -2.45. The number of hydrogen-bond donors (Lipinski definition) is 0. The Balaban J connectivity index is 1.83. The molecule has 1 aliphatic rings. The quantitative estimate of drug-likeness (QED) is 0.561. The molecule has 5 heteroatoms. The number of nitrogens with zero attached hydrogens (tertiary/aromatic N) is 1. The molecule has 0 N–H and O–H groups in total. The Hall–Kier alpha value is -1.85. The predicted molar refractivity (Wildman–Crippen MR) is 98.7 cm³/mol. The Morgan fingerprint density at radius 3 is 2.96 bits per heavy atom. The van der Waals surface area contributed by atoms with E-state index in [-0.39, 0.29) is 18.7 Å². The van der Waals surface area contributed by atoms with Gasteiger partial charge in [-0.3, -0.25) is 4.90 Å². The summed E-state index contributed by atoms with van der Waals surface area (Å²) in [4.78, 5) is 14.3. The molecule has 0 bridgehead atoms. The second-order valence-electron chi connectivity index (χ2n) is 6.85. The maximum absolute atomic E-state index is 12.0. The summed E-state index contributed by atoms with van der Waals surface area (Å²) in [6, 6.07) is 5.83. The predicted octanol–water partition coefficient (Wildman–Crippen LogP) is 2.92. The highest BCUT2D eigenvalue weighted by Gasteiger charge is 2.21. The van der Waals surface area contributed by atoms with Crippen LogP contribution in [0.3, 0.4) is 0 Å². The standard InChI is InChI=1S/C20H29NO4/c1-15(2)12-21-9-10-24-18(13-21)14-25-20(22)8-6-17-11-16(3)5-7-19(17)23-4/h5-8,11,15,18H,9-10,12-14H2,1-4H3/b8-6+. The van der Waals surface area contributed by atoms with Gasteiger partial charge in [0.1, 0.15) is 18.5 Å². The third-order valence-corrected chi connectivity index (χ3v) is 4.04. The Morgan fingerprint density at radius 2 is 2.24 bits per heavy atom. The van der Waals surface area contributed by atoms with Crippen molar-refractivity contribution in [3.63, 3.8) is 0 Å². The zero-order chi connectivity index (χ0) is 18.2. The number of rotatable bonds is 7. The van der Waals surface area contributed by atoms with Gasteiger partial charge in [0.2, 0.25) is 0 Å². The zero-order valence-electron chi connectivity index (χ0n) is 15.7. The highest BCUT2D eigenvalue weighted by molar-refractivity contribution is 5.87. The topological polar surface area (TPSA) is 48.0 Å². The van der Waals surface area contributed by atoms with Crippen molar-refractivity contribution in [1.29, 1.82) is 0 Å². The fourth-order valence-corrected chi connectivity index (χ4v) is 2.93. The minimum Gasteiger partial charge on any atom is -0.496 e. The van der Waals surface area contributed by atoms with Crippen LogP contribution in [0.2, 0.25) is 0 Å². The first-order valence-corrected chi connectivity index (χ1v) is 8.81. The molecule has 0 amide bonds. The van der Waals surface area contributed by atoms with Crippen LogP contribution in [-0.2, 0) is 14.3 Å². The van der Waals surface area contributed by atoms with E-state index in [9.17, 15) is 4.79 Å². The molecule has 1 fully saturated rings. The van der Waals surface area contributed by atoms with Gasteiger partial charge < -0.3 is 14.2 Å². The fourth-order valence-electron chi connectivity index (χ4n) is 2.93. The number of carbonyl (C=O) groups is 1. The molecule has 2 rings (SSSR count). The molecule has 1 unspecified atom stereocenters. The number of ether oxygens (including phenoxy) is 3. The van der Waals surface area contributed by atoms with Gasteiger partial charge in [-0.1, -0.05) is 25.5 Å². The summed E-state index contributed by atoms with van der Waals surface area (Å²) in [5.41, 5.74) is 1.96. The molecule has 1 aromatic carbocycles. The first kappa shape index (κ1) is 19.5. The van der Waals surface area contributed by atoms with E-state index in [4.69, 9.17) is 14.2 Å². The minimum atomic E-state index is -0.367. The maximum Gasteiger partial charge on any atom is 0.330 e. The molecule has 5 nitrogen and oxygen atoms in total. The SMILES string of the molecule is COc1ccc(C)cc1/C=C/C(=O)OCC1CN(CC(C)C)CCO1. The van der Waals surface area contributed by atoms with Crippen molar-refractivity contribution >= 4 is 12.0 Å². The molecule has 1 heterocycles. The van der Waals surface area contributed by atoms with E-state index in [1.807, 2.05) is 25.1 Å². The Labute approximate surface area is 150 Å². The van der Waals surface area contributed by atoms with Gasteiger partial charge >= 0.3 is 5.97 Å². The lowest BCUT2D eigenvalue weighted by atomic mass is 10.1. The Morgan fingerprint density at radius 1 is 1.44 bits per heavy atom. The summed E-state index contributed by atoms with van der Waals surface area (Å²) >= 11 is 0. The highest BCUT2D eigenvalue weighted by atomic mass is 16.6. The van der Waals surface area contributed by atoms with Crippen LogP contribution < -0.4 is 4.74 Å². The molecule has 1 atom stereocenters. The van der Waals surface area contributed by atoms with Crippen molar-refractivity contribution in [1.82, 2.24) is 4.90 Å². The van der Waals surface area contributed by atoms with Gasteiger partial charge in [0.05, 0.1) is 13.7 Å². The number of benzene rings is 1. The number of hydrogen-bond acceptors (Lipinski definition) is 5. The van der Waals surface area contributed by atoms with Crippen molar-refractivity contribution in [2.75, 3.05) is 40.0 Å². The average molecular weight is 347 g/mol. The van der Waals surface area contributed by atoms with E-state index in [0.29, 0.717) is 12.5 Å². The van der Waals surface area contributed by atoms with E-state index in [1.165, 1.54) is 6.08 Å². The maximum atomic E-state index is 12.0. The molecule has 1 saturated heterocycles. The molecule has 138 valence electrons. The number of aryl methyl sites for hydroxylation is 1. The summed E-state index contributed by atoms with van der Waals surface area (Å²) in [7, 11) is 1.61. The normalized spacial score (nSPS) is 18.7. The summed E-state index contributed by atoms with van der Waals surface area (Å²) in [6.45, 7) is 10.2.